The molecule has 6 heteroatoms. The van der Waals surface area contributed by atoms with E-state index in [0.29, 0.717) is 31.0 Å². The minimum absolute atomic E-state index is 0.0650. The lowest BCUT2D eigenvalue weighted by atomic mass is 9.87. The second-order valence-corrected chi connectivity index (χ2v) is 6.25. The summed E-state index contributed by atoms with van der Waals surface area (Å²) in [5.74, 6) is -0.301. The van der Waals surface area contributed by atoms with Crippen LogP contribution in [0.5, 0.6) is 11.5 Å². The molecule has 2 rings (SSSR count). The number of benzene rings is 1. The normalized spacial score (nSPS) is 20.5. The summed E-state index contributed by atoms with van der Waals surface area (Å²) in [6.45, 7) is 4.59. The van der Waals surface area contributed by atoms with Gasteiger partial charge in [-0.15, -0.1) is 0 Å². The first-order chi connectivity index (χ1) is 12.0. The zero-order chi connectivity index (χ0) is 18.4. The van der Waals surface area contributed by atoms with Gasteiger partial charge in [0.15, 0.2) is 18.1 Å². The molecular weight excluding hydrogens is 322 g/mol. The number of ether oxygens (including phenoxy) is 2. The second kappa shape index (κ2) is 8.55. The molecule has 1 aromatic rings. The van der Waals surface area contributed by atoms with Gasteiger partial charge in [-0.1, -0.05) is 25.1 Å². The number of methoxy groups -OCH3 is 1. The number of carboxylic acid groups (broad SMARTS) is 1. The maximum Gasteiger partial charge on any atom is 0.306 e. The summed E-state index contributed by atoms with van der Waals surface area (Å²) in [5, 5.41) is 9.16. The Kier molecular flexibility index (Phi) is 6.44. The number of rotatable bonds is 6. The number of allylic oxidation sites excluding steroid dienone is 1. The molecule has 1 aliphatic heterocycles. The summed E-state index contributed by atoms with van der Waals surface area (Å²) in [6, 6.07) is 5.52. The molecular formula is C19H25NO5. The van der Waals surface area contributed by atoms with Crippen LogP contribution in [0.4, 0.5) is 0 Å². The van der Waals surface area contributed by atoms with Gasteiger partial charge in [-0.25, -0.2) is 0 Å². The van der Waals surface area contributed by atoms with Crippen molar-refractivity contribution >= 4 is 18.0 Å². The summed E-state index contributed by atoms with van der Waals surface area (Å²) in [7, 11) is 1.56. The van der Waals surface area contributed by atoms with Gasteiger partial charge in [0.2, 0.25) is 0 Å². The highest BCUT2D eigenvalue weighted by Crippen LogP contribution is 2.29. The number of hydrogen-bond donors (Lipinski definition) is 1. The van der Waals surface area contributed by atoms with E-state index >= 15 is 0 Å². The smallest absolute Gasteiger partial charge is 0.306 e. The first-order valence-corrected chi connectivity index (χ1v) is 8.40. The van der Waals surface area contributed by atoms with Gasteiger partial charge in [-0.05, 0) is 37.0 Å². The molecule has 1 heterocycles. The van der Waals surface area contributed by atoms with Crippen LogP contribution in [0, 0.1) is 11.8 Å². The van der Waals surface area contributed by atoms with Crippen LogP contribution in [0.3, 0.4) is 0 Å². The third-order valence-electron chi connectivity index (χ3n) is 4.47. The van der Waals surface area contributed by atoms with E-state index in [1.165, 1.54) is 0 Å². The quantitative estimate of drug-likeness (QED) is 0.856. The fourth-order valence-electron chi connectivity index (χ4n) is 3.07. The summed E-state index contributed by atoms with van der Waals surface area (Å²) in [6.07, 6.45) is 4.36. The van der Waals surface area contributed by atoms with E-state index in [4.69, 9.17) is 14.6 Å². The number of piperidine rings is 1. The maximum absolute atomic E-state index is 12.4. The summed E-state index contributed by atoms with van der Waals surface area (Å²) in [4.78, 5) is 25.2. The molecule has 6 nitrogen and oxygen atoms in total. The molecule has 1 amide bonds. The van der Waals surface area contributed by atoms with Crippen molar-refractivity contribution in [2.75, 3.05) is 26.8 Å². The number of aliphatic carboxylic acids is 1. The van der Waals surface area contributed by atoms with Crippen LogP contribution < -0.4 is 9.47 Å². The fraction of sp³-hybridized carbons (Fsp3) is 0.474. The zero-order valence-corrected chi connectivity index (χ0v) is 14.9. The summed E-state index contributed by atoms with van der Waals surface area (Å²) >= 11 is 0. The minimum Gasteiger partial charge on any atom is -0.493 e. The van der Waals surface area contributed by atoms with Crippen molar-refractivity contribution < 1.29 is 24.2 Å². The molecule has 0 bridgehead atoms. The first kappa shape index (κ1) is 18.8. The number of likely N-dealkylation sites (tertiary alicyclic amines) is 1. The molecule has 0 aromatic heterocycles. The number of carbonyl (C=O) groups is 2. The van der Waals surface area contributed by atoms with Gasteiger partial charge in [0.05, 0.1) is 13.0 Å². The fourth-order valence-corrected chi connectivity index (χ4v) is 3.07. The zero-order valence-electron chi connectivity index (χ0n) is 14.9. The Hall–Kier alpha value is -2.50. The Morgan fingerprint density at radius 3 is 2.72 bits per heavy atom. The van der Waals surface area contributed by atoms with Crippen molar-refractivity contribution in [2.24, 2.45) is 11.8 Å². The lowest BCUT2D eigenvalue weighted by Gasteiger charge is -2.34. The topological polar surface area (TPSA) is 76.1 Å². The van der Waals surface area contributed by atoms with Crippen LogP contribution in [-0.2, 0) is 9.59 Å². The number of carbonyl (C=O) groups excluding carboxylic acids is 1. The van der Waals surface area contributed by atoms with Crippen LogP contribution in [0.2, 0.25) is 0 Å². The van der Waals surface area contributed by atoms with Crippen LogP contribution in [0.15, 0.2) is 24.3 Å². The van der Waals surface area contributed by atoms with Crippen molar-refractivity contribution in [2.45, 2.75) is 20.3 Å². The summed E-state index contributed by atoms with van der Waals surface area (Å²) < 4.78 is 10.9. The molecule has 1 N–H and O–H groups in total. The van der Waals surface area contributed by atoms with Gasteiger partial charge in [0.25, 0.3) is 5.91 Å². The average Bonchev–Trinajstić information content (AvgIpc) is 2.60. The van der Waals surface area contributed by atoms with E-state index in [0.717, 1.165) is 5.56 Å². The number of amides is 1. The van der Waals surface area contributed by atoms with E-state index in [2.05, 4.69) is 0 Å². The van der Waals surface area contributed by atoms with Gasteiger partial charge >= 0.3 is 5.97 Å². The van der Waals surface area contributed by atoms with E-state index in [1.54, 1.807) is 18.1 Å². The van der Waals surface area contributed by atoms with Crippen molar-refractivity contribution in [1.82, 2.24) is 4.90 Å². The Labute approximate surface area is 148 Å². The minimum atomic E-state index is -0.790. The third-order valence-corrected chi connectivity index (χ3v) is 4.47. The second-order valence-electron chi connectivity index (χ2n) is 6.25. The first-order valence-electron chi connectivity index (χ1n) is 8.40. The molecule has 136 valence electrons. The standard InChI is InChI=1S/C19H25NO5/c1-4-5-14-6-7-16(17(10-14)24-3)25-12-18(21)20-9-8-15(19(22)23)13(2)11-20/h4-7,10,13,15H,8-9,11-12H2,1-3H3,(H,22,23)/b5-4+. The largest absolute Gasteiger partial charge is 0.493 e. The van der Waals surface area contributed by atoms with Crippen molar-refractivity contribution in [1.29, 1.82) is 0 Å². The highest BCUT2D eigenvalue weighted by Gasteiger charge is 2.33. The Morgan fingerprint density at radius 1 is 1.36 bits per heavy atom. The molecule has 2 unspecified atom stereocenters. The van der Waals surface area contributed by atoms with Crippen molar-refractivity contribution in [3.8, 4) is 11.5 Å². The van der Waals surface area contributed by atoms with Crippen LogP contribution >= 0.6 is 0 Å². The molecule has 0 aliphatic carbocycles. The third kappa shape index (κ3) is 4.75. The molecule has 1 saturated heterocycles. The van der Waals surface area contributed by atoms with Gasteiger partial charge < -0.3 is 19.5 Å². The SMILES string of the molecule is C/C=C/c1ccc(OCC(=O)N2CCC(C(=O)O)C(C)C2)c(OC)c1. The molecule has 1 aromatic carbocycles. The number of hydrogen-bond acceptors (Lipinski definition) is 4. The number of nitrogens with zero attached hydrogens (tertiary/aromatic N) is 1. The highest BCUT2D eigenvalue weighted by atomic mass is 16.5. The lowest BCUT2D eigenvalue weighted by Crippen LogP contribution is -2.46. The van der Waals surface area contributed by atoms with Crippen LogP contribution in [-0.4, -0.2) is 48.7 Å². The van der Waals surface area contributed by atoms with E-state index < -0.39 is 5.97 Å². The Bertz CT molecular complexity index is 655. The lowest BCUT2D eigenvalue weighted by molar-refractivity contribution is -0.148. The molecule has 1 fully saturated rings. The van der Waals surface area contributed by atoms with Gasteiger partial charge in [-0.3, -0.25) is 9.59 Å². The molecule has 0 spiro atoms. The van der Waals surface area contributed by atoms with Gasteiger partial charge in [0, 0.05) is 13.1 Å². The molecule has 1 aliphatic rings. The summed E-state index contributed by atoms with van der Waals surface area (Å²) in [5.41, 5.74) is 0.989. The van der Waals surface area contributed by atoms with Crippen LogP contribution in [0.25, 0.3) is 6.08 Å². The predicted octanol–water partition coefficient (Wildman–Crippen LogP) is 2.68. The predicted molar refractivity (Wildman–Crippen MR) is 94.7 cm³/mol. The monoisotopic (exact) mass is 347 g/mol. The molecule has 0 radical (unpaired) electrons. The Morgan fingerprint density at radius 2 is 2.12 bits per heavy atom. The van der Waals surface area contributed by atoms with Gasteiger partial charge in [0.1, 0.15) is 0 Å². The maximum atomic E-state index is 12.4. The van der Waals surface area contributed by atoms with Gasteiger partial charge in [-0.2, -0.15) is 0 Å². The average molecular weight is 347 g/mol. The highest BCUT2D eigenvalue weighted by molar-refractivity contribution is 5.78. The molecule has 0 saturated carbocycles. The van der Waals surface area contributed by atoms with E-state index in [-0.39, 0.29) is 24.3 Å². The Balaban J connectivity index is 1.95. The number of carboxylic acids is 1. The molecule has 2 atom stereocenters. The van der Waals surface area contributed by atoms with Crippen LogP contribution in [0.1, 0.15) is 25.8 Å². The van der Waals surface area contributed by atoms with Crippen molar-refractivity contribution in [3.63, 3.8) is 0 Å². The molecule has 25 heavy (non-hydrogen) atoms. The van der Waals surface area contributed by atoms with E-state index in [1.807, 2.05) is 38.1 Å². The van der Waals surface area contributed by atoms with Crippen molar-refractivity contribution in [3.05, 3.63) is 29.8 Å². The van der Waals surface area contributed by atoms with E-state index in [9.17, 15) is 9.59 Å².